The van der Waals surface area contributed by atoms with Crippen molar-refractivity contribution in [2.75, 3.05) is 16.8 Å². The Morgan fingerprint density at radius 2 is 2.14 bits per heavy atom. The lowest BCUT2D eigenvalue weighted by molar-refractivity contribution is -0.117. The van der Waals surface area contributed by atoms with Crippen molar-refractivity contribution < 1.29 is 4.79 Å². The predicted molar refractivity (Wildman–Crippen MR) is 86.8 cm³/mol. The molecule has 1 aromatic carbocycles. The second kappa shape index (κ2) is 6.13. The molecule has 0 aliphatic carbocycles. The first kappa shape index (κ1) is 14.5. The van der Waals surface area contributed by atoms with Gasteiger partial charge in [-0.3, -0.25) is 4.79 Å². The van der Waals surface area contributed by atoms with E-state index in [1.54, 1.807) is 6.33 Å². The maximum Gasteiger partial charge on any atom is 0.227 e. The van der Waals surface area contributed by atoms with Gasteiger partial charge in [-0.1, -0.05) is 12.1 Å². The van der Waals surface area contributed by atoms with Gasteiger partial charge in [-0.05, 0) is 38.0 Å². The van der Waals surface area contributed by atoms with Crippen molar-refractivity contribution >= 4 is 17.4 Å². The molecular weight excluding hydrogens is 276 g/mol. The highest BCUT2D eigenvalue weighted by molar-refractivity contribution is 5.95. The number of carbonyl (C=O) groups excluding carboxylic acids is 1. The quantitative estimate of drug-likeness (QED) is 0.942. The molecule has 5 nitrogen and oxygen atoms in total. The van der Waals surface area contributed by atoms with Gasteiger partial charge in [0.1, 0.15) is 12.1 Å². The number of anilines is 2. The highest BCUT2D eigenvalue weighted by Gasteiger charge is 2.22. The third-order valence-corrected chi connectivity index (χ3v) is 3.92. The molecule has 1 aliphatic heterocycles. The number of nitrogens with one attached hydrogen (secondary N) is 1. The number of nitrogens with zero attached hydrogens (tertiary/aromatic N) is 3. The Bertz CT molecular complexity index is 686. The van der Waals surface area contributed by atoms with Gasteiger partial charge < -0.3 is 10.2 Å². The lowest BCUT2D eigenvalue weighted by atomic mass is 10.1. The summed E-state index contributed by atoms with van der Waals surface area (Å²) >= 11 is 0. The van der Waals surface area contributed by atoms with Gasteiger partial charge in [0.2, 0.25) is 5.91 Å². The number of benzene rings is 1. The number of amides is 1. The van der Waals surface area contributed by atoms with Gasteiger partial charge in [-0.25, -0.2) is 9.97 Å². The topological polar surface area (TPSA) is 58.1 Å². The van der Waals surface area contributed by atoms with E-state index in [0.29, 0.717) is 6.42 Å². The smallest absolute Gasteiger partial charge is 0.227 e. The molecule has 5 heteroatoms. The molecule has 1 atom stereocenters. The van der Waals surface area contributed by atoms with E-state index in [-0.39, 0.29) is 11.9 Å². The lowest BCUT2D eigenvalue weighted by Gasteiger charge is -2.20. The molecule has 0 radical (unpaired) electrons. The number of aromatic nitrogens is 2. The summed E-state index contributed by atoms with van der Waals surface area (Å²) in [5.41, 5.74) is 3.04. The van der Waals surface area contributed by atoms with E-state index < -0.39 is 0 Å². The van der Waals surface area contributed by atoms with Crippen LogP contribution in [0.3, 0.4) is 0 Å². The monoisotopic (exact) mass is 296 g/mol. The largest absolute Gasteiger partial charge is 0.363 e. The summed E-state index contributed by atoms with van der Waals surface area (Å²) in [6.07, 6.45) is 3.15. The average Bonchev–Trinajstić information content (AvgIpc) is 2.93. The summed E-state index contributed by atoms with van der Waals surface area (Å²) < 4.78 is 0. The molecule has 1 unspecified atom stereocenters. The zero-order valence-electron chi connectivity index (χ0n) is 12.9. The first-order chi connectivity index (χ1) is 10.6. The van der Waals surface area contributed by atoms with Crippen molar-refractivity contribution in [3.63, 3.8) is 0 Å². The lowest BCUT2D eigenvalue weighted by Crippen LogP contribution is -2.23. The SMILES string of the molecule is Cc1cc(NC(C)c2cccc(N3CCCC3=O)c2)ncn1. The fourth-order valence-electron chi connectivity index (χ4n) is 2.72. The molecule has 0 bridgehead atoms. The van der Waals surface area contributed by atoms with Crippen molar-refractivity contribution in [3.05, 3.63) is 47.9 Å². The summed E-state index contributed by atoms with van der Waals surface area (Å²) in [5, 5.41) is 3.37. The number of rotatable bonds is 4. The normalized spacial score (nSPS) is 15.9. The van der Waals surface area contributed by atoms with Gasteiger partial charge in [0.05, 0.1) is 6.04 Å². The van der Waals surface area contributed by atoms with Crippen LogP contribution in [0.1, 0.15) is 37.1 Å². The van der Waals surface area contributed by atoms with Crippen LogP contribution in [0.25, 0.3) is 0 Å². The van der Waals surface area contributed by atoms with Gasteiger partial charge in [0.25, 0.3) is 0 Å². The molecule has 1 aromatic heterocycles. The third kappa shape index (κ3) is 3.08. The van der Waals surface area contributed by atoms with E-state index in [4.69, 9.17) is 0 Å². The van der Waals surface area contributed by atoms with Crippen LogP contribution in [0.5, 0.6) is 0 Å². The molecule has 2 aromatic rings. The molecule has 1 amide bonds. The zero-order valence-corrected chi connectivity index (χ0v) is 12.9. The maximum absolute atomic E-state index is 11.9. The van der Waals surface area contributed by atoms with Gasteiger partial charge in [-0.15, -0.1) is 0 Å². The molecule has 114 valence electrons. The molecule has 1 fully saturated rings. The summed E-state index contributed by atoms with van der Waals surface area (Å²) in [4.78, 5) is 22.1. The van der Waals surface area contributed by atoms with Crippen molar-refractivity contribution in [2.45, 2.75) is 32.7 Å². The maximum atomic E-state index is 11.9. The first-order valence-electron chi connectivity index (χ1n) is 7.59. The highest BCUT2D eigenvalue weighted by atomic mass is 16.2. The molecule has 1 saturated heterocycles. The van der Waals surface area contributed by atoms with Crippen LogP contribution in [-0.2, 0) is 4.79 Å². The Balaban J connectivity index is 1.78. The summed E-state index contributed by atoms with van der Waals surface area (Å²) in [7, 11) is 0. The summed E-state index contributed by atoms with van der Waals surface area (Å²) in [5.74, 6) is 1.02. The van der Waals surface area contributed by atoms with E-state index in [1.807, 2.05) is 30.0 Å². The van der Waals surface area contributed by atoms with Gasteiger partial charge >= 0.3 is 0 Å². The Kier molecular flexibility index (Phi) is 4.04. The van der Waals surface area contributed by atoms with Crippen LogP contribution >= 0.6 is 0 Å². The van der Waals surface area contributed by atoms with Gasteiger partial charge in [0.15, 0.2) is 0 Å². The van der Waals surface area contributed by atoms with E-state index in [9.17, 15) is 4.79 Å². The standard InChI is InChI=1S/C17H20N4O/c1-12-9-16(19-11-18-12)20-13(2)14-5-3-6-15(10-14)21-8-4-7-17(21)22/h3,5-6,9-11,13H,4,7-8H2,1-2H3,(H,18,19,20). The third-order valence-electron chi connectivity index (χ3n) is 3.92. The Hall–Kier alpha value is -2.43. The second-order valence-electron chi connectivity index (χ2n) is 5.65. The van der Waals surface area contributed by atoms with Gasteiger partial charge in [0, 0.05) is 30.4 Å². The van der Waals surface area contributed by atoms with Crippen LogP contribution in [0.2, 0.25) is 0 Å². The van der Waals surface area contributed by atoms with E-state index in [0.717, 1.165) is 35.7 Å². The fourth-order valence-corrected chi connectivity index (χ4v) is 2.72. The van der Waals surface area contributed by atoms with E-state index in [1.165, 1.54) is 0 Å². The molecule has 1 aliphatic rings. The number of carbonyl (C=O) groups is 1. The minimum Gasteiger partial charge on any atom is -0.363 e. The van der Waals surface area contributed by atoms with Crippen LogP contribution in [0.15, 0.2) is 36.7 Å². The molecule has 22 heavy (non-hydrogen) atoms. The van der Waals surface area contributed by atoms with Crippen molar-refractivity contribution in [1.29, 1.82) is 0 Å². The van der Waals surface area contributed by atoms with Crippen molar-refractivity contribution in [3.8, 4) is 0 Å². The molecule has 0 spiro atoms. The van der Waals surface area contributed by atoms with E-state index in [2.05, 4.69) is 34.3 Å². The number of hydrogen-bond acceptors (Lipinski definition) is 4. The summed E-state index contributed by atoms with van der Waals surface area (Å²) in [6.45, 7) is 4.84. The van der Waals surface area contributed by atoms with Crippen LogP contribution < -0.4 is 10.2 Å². The molecule has 0 saturated carbocycles. The van der Waals surface area contributed by atoms with Crippen LogP contribution in [0.4, 0.5) is 11.5 Å². The molecule has 3 rings (SSSR count). The van der Waals surface area contributed by atoms with Crippen LogP contribution in [0, 0.1) is 6.92 Å². The Morgan fingerprint density at radius 1 is 1.27 bits per heavy atom. The predicted octanol–water partition coefficient (Wildman–Crippen LogP) is 3.08. The zero-order chi connectivity index (χ0) is 15.5. The van der Waals surface area contributed by atoms with Crippen molar-refractivity contribution in [1.82, 2.24) is 9.97 Å². The fraction of sp³-hybridized carbons (Fsp3) is 0.353. The molecule has 2 heterocycles. The van der Waals surface area contributed by atoms with Crippen LogP contribution in [-0.4, -0.2) is 22.4 Å². The Morgan fingerprint density at radius 3 is 2.86 bits per heavy atom. The molecular formula is C17H20N4O. The van der Waals surface area contributed by atoms with Crippen molar-refractivity contribution in [2.24, 2.45) is 0 Å². The second-order valence-corrected chi connectivity index (χ2v) is 5.65. The van der Waals surface area contributed by atoms with Gasteiger partial charge in [-0.2, -0.15) is 0 Å². The highest BCUT2D eigenvalue weighted by Crippen LogP contribution is 2.26. The number of aryl methyl sites for hydroxylation is 1. The van der Waals surface area contributed by atoms with E-state index >= 15 is 0 Å². The average molecular weight is 296 g/mol. The minimum atomic E-state index is 0.104. The number of hydrogen-bond donors (Lipinski definition) is 1. The minimum absolute atomic E-state index is 0.104. The summed E-state index contributed by atoms with van der Waals surface area (Å²) in [6, 6.07) is 10.2. The first-order valence-corrected chi connectivity index (χ1v) is 7.59. The Labute approximate surface area is 130 Å². The molecule has 1 N–H and O–H groups in total.